The highest BCUT2D eigenvalue weighted by Gasteiger charge is 2.39. The number of aromatic nitrogens is 2. The number of hydrogen-bond donors (Lipinski definition) is 0. The molecule has 0 radical (unpaired) electrons. The van der Waals surface area contributed by atoms with Crippen molar-refractivity contribution >= 4 is 28.5 Å². The Bertz CT molecular complexity index is 621. The van der Waals surface area contributed by atoms with Gasteiger partial charge in [0.25, 0.3) is 0 Å². The number of thiazole rings is 1. The van der Waals surface area contributed by atoms with Crippen molar-refractivity contribution in [3.8, 4) is 10.6 Å². The molecule has 0 aliphatic rings. The van der Waals surface area contributed by atoms with Gasteiger partial charge in [0.1, 0.15) is 10.00 Å². The minimum atomic E-state index is -4.54. The molecule has 0 aromatic carbocycles. The SMILES string of the molecule is CN(C)C(=S)c1sc(-c2cccnc2)nc1C(F)(F)F. The summed E-state index contributed by atoms with van der Waals surface area (Å²) < 4.78 is 39.2. The van der Waals surface area contributed by atoms with Crippen LogP contribution < -0.4 is 0 Å². The molecular formula is C12H10F3N3S2. The normalized spacial score (nSPS) is 11.4. The molecule has 0 fully saturated rings. The number of thiocarbonyl (C=S) groups is 1. The van der Waals surface area contributed by atoms with Crippen molar-refractivity contribution < 1.29 is 13.2 Å². The van der Waals surface area contributed by atoms with Gasteiger partial charge in [-0.05, 0) is 12.1 Å². The first-order valence-corrected chi connectivity index (χ1v) is 6.73. The van der Waals surface area contributed by atoms with E-state index in [0.717, 1.165) is 11.3 Å². The lowest BCUT2D eigenvalue weighted by Crippen LogP contribution is -2.22. The summed E-state index contributed by atoms with van der Waals surface area (Å²) in [5.41, 5.74) is -0.407. The van der Waals surface area contributed by atoms with Gasteiger partial charge in [-0.25, -0.2) is 4.98 Å². The molecule has 106 valence electrons. The quantitative estimate of drug-likeness (QED) is 0.793. The average Bonchev–Trinajstić information content (AvgIpc) is 2.83. The van der Waals surface area contributed by atoms with Crippen molar-refractivity contribution in [2.75, 3.05) is 14.1 Å². The largest absolute Gasteiger partial charge is 0.434 e. The van der Waals surface area contributed by atoms with E-state index in [2.05, 4.69) is 9.97 Å². The fourth-order valence-corrected chi connectivity index (χ4v) is 2.79. The zero-order valence-electron chi connectivity index (χ0n) is 10.6. The van der Waals surface area contributed by atoms with Crippen LogP contribution in [-0.2, 0) is 6.18 Å². The molecule has 0 spiro atoms. The van der Waals surface area contributed by atoms with Gasteiger partial charge in [0.2, 0.25) is 0 Å². The molecule has 0 bridgehead atoms. The van der Waals surface area contributed by atoms with Gasteiger partial charge in [-0.15, -0.1) is 11.3 Å². The van der Waals surface area contributed by atoms with Crippen LogP contribution in [0.2, 0.25) is 0 Å². The summed E-state index contributed by atoms with van der Waals surface area (Å²) in [4.78, 5) is 9.11. The fourth-order valence-electron chi connectivity index (χ4n) is 1.47. The molecule has 2 aromatic heterocycles. The third-order valence-corrected chi connectivity index (χ3v) is 4.21. The van der Waals surface area contributed by atoms with Crippen LogP contribution in [0.4, 0.5) is 13.2 Å². The molecule has 0 saturated heterocycles. The number of hydrogen-bond acceptors (Lipinski definition) is 4. The van der Waals surface area contributed by atoms with Crippen LogP contribution in [0.5, 0.6) is 0 Å². The van der Waals surface area contributed by atoms with E-state index >= 15 is 0 Å². The molecule has 0 amide bonds. The van der Waals surface area contributed by atoms with Crippen molar-refractivity contribution in [3.63, 3.8) is 0 Å². The molecular weight excluding hydrogens is 307 g/mol. The Labute approximate surface area is 123 Å². The van der Waals surface area contributed by atoms with Crippen LogP contribution in [0.3, 0.4) is 0 Å². The molecule has 0 aliphatic carbocycles. The van der Waals surface area contributed by atoms with Crippen molar-refractivity contribution in [3.05, 3.63) is 35.1 Å². The lowest BCUT2D eigenvalue weighted by Gasteiger charge is -2.13. The van der Waals surface area contributed by atoms with Crippen LogP contribution >= 0.6 is 23.6 Å². The molecule has 2 heterocycles. The highest BCUT2D eigenvalue weighted by molar-refractivity contribution is 7.81. The highest BCUT2D eigenvalue weighted by atomic mass is 32.1. The summed E-state index contributed by atoms with van der Waals surface area (Å²) >= 11 is 5.97. The number of alkyl halides is 3. The summed E-state index contributed by atoms with van der Waals surface area (Å²) in [6, 6.07) is 3.31. The maximum absolute atomic E-state index is 13.1. The van der Waals surface area contributed by atoms with E-state index in [1.54, 1.807) is 32.4 Å². The fraction of sp³-hybridized carbons (Fsp3) is 0.250. The predicted molar refractivity (Wildman–Crippen MR) is 75.7 cm³/mol. The molecule has 0 atom stereocenters. The first kappa shape index (κ1) is 14.9. The number of halogens is 3. The van der Waals surface area contributed by atoms with E-state index < -0.39 is 11.9 Å². The van der Waals surface area contributed by atoms with Crippen LogP contribution in [0.25, 0.3) is 10.6 Å². The van der Waals surface area contributed by atoms with E-state index in [1.165, 1.54) is 11.1 Å². The topological polar surface area (TPSA) is 29.0 Å². The number of pyridine rings is 1. The Morgan fingerprint density at radius 2 is 2.05 bits per heavy atom. The van der Waals surface area contributed by atoms with Crippen molar-refractivity contribution in [1.82, 2.24) is 14.9 Å². The average molecular weight is 317 g/mol. The third-order valence-electron chi connectivity index (χ3n) is 2.40. The van der Waals surface area contributed by atoms with E-state index in [9.17, 15) is 13.2 Å². The smallest absolute Gasteiger partial charge is 0.368 e. The lowest BCUT2D eigenvalue weighted by atomic mass is 10.3. The third kappa shape index (κ3) is 2.96. The van der Waals surface area contributed by atoms with Gasteiger partial charge in [0, 0.05) is 32.1 Å². The monoisotopic (exact) mass is 317 g/mol. The summed E-state index contributed by atoms with van der Waals surface area (Å²) in [5, 5.41) is 0.254. The maximum Gasteiger partial charge on any atom is 0.434 e. The van der Waals surface area contributed by atoms with Crippen LogP contribution in [0.15, 0.2) is 24.5 Å². The summed E-state index contributed by atoms with van der Waals surface area (Å²) in [6.07, 6.45) is -1.51. The van der Waals surface area contributed by atoms with Gasteiger partial charge < -0.3 is 4.90 Å². The number of rotatable bonds is 2. The zero-order valence-corrected chi connectivity index (χ0v) is 12.2. The lowest BCUT2D eigenvalue weighted by molar-refractivity contribution is -0.140. The van der Waals surface area contributed by atoms with Crippen LogP contribution in [-0.4, -0.2) is 34.0 Å². The van der Waals surface area contributed by atoms with E-state index in [4.69, 9.17) is 12.2 Å². The van der Waals surface area contributed by atoms with Crippen molar-refractivity contribution in [1.29, 1.82) is 0 Å². The van der Waals surface area contributed by atoms with E-state index in [1.807, 2.05) is 0 Å². The molecule has 3 nitrogen and oxygen atoms in total. The molecule has 0 N–H and O–H groups in total. The standard InChI is InChI=1S/C12H10F3N3S2/c1-18(2)11(19)8-9(12(13,14)15)17-10(20-8)7-4-3-5-16-6-7/h3-6H,1-2H3. The second-order valence-corrected chi connectivity index (χ2v) is 5.52. The van der Waals surface area contributed by atoms with E-state index in [0.29, 0.717) is 5.56 Å². The second kappa shape index (κ2) is 5.45. The Hall–Kier alpha value is -1.54. The van der Waals surface area contributed by atoms with Crippen molar-refractivity contribution in [2.45, 2.75) is 6.18 Å². The molecule has 0 saturated carbocycles. The van der Waals surface area contributed by atoms with E-state index in [-0.39, 0.29) is 14.9 Å². The Balaban J connectivity index is 2.56. The van der Waals surface area contributed by atoms with Gasteiger partial charge in [-0.2, -0.15) is 13.2 Å². The minimum Gasteiger partial charge on any atom is -0.368 e. The maximum atomic E-state index is 13.1. The van der Waals surface area contributed by atoms with Gasteiger partial charge >= 0.3 is 6.18 Å². The van der Waals surface area contributed by atoms with Crippen LogP contribution in [0, 0.1) is 0 Å². The molecule has 2 aromatic rings. The molecule has 2 rings (SSSR count). The Morgan fingerprint density at radius 3 is 2.55 bits per heavy atom. The first-order valence-electron chi connectivity index (χ1n) is 5.50. The van der Waals surface area contributed by atoms with Gasteiger partial charge in [-0.1, -0.05) is 12.2 Å². The number of nitrogens with zero attached hydrogens (tertiary/aromatic N) is 3. The predicted octanol–water partition coefficient (Wildman–Crippen LogP) is 3.46. The summed E-state index contributed by atoms with van der Waals surface area (Å²) in [6.45, 7) is 0. The van der Waals surface area contributed by atoms with Gasteiger partial charge in [-0.3, -0.25) is 4.98 Å². The zero-order chi connectivity index (χ0) is 14.9. The molecule has 20 heavy (non-hydrogen) atoms. The van der Waals surface area contributed by atoms with Gasteiger partial charge in [0.15, 0.2) is 5.69 Å². The van der Waals surface area contributed by atoms with Crippen LogP contribution in [0.1, 0.15) is 10.6 Å². The van der Waals surface area contributed by atoms with Crippen molar-refractivity contribution in [2.24, 2.45) is 0 Å². The van der Waals surface area contributed by atoms with Gasteiger partial charge in [0.05, 0.1) is 4.88 Å². The Morgan fingerprint density at radius 1 is 1.35 bits per heavy atom. The molecule has 8 heteroatoms. The summed E-state index contributed by atoms with van der Waals surface area (Å²) in [5.74, 6) is 0. The minimum absolute atomic E-state index is 0.0450. The molecule has 0 unspecified atom stereocenters. The summed E-state index contributed by atoms with van der Waals surface area (Å²) in [7, 11) is 3.21. The highest BCUT2D eigenvalue weighted by Crippen LogP contribution is 2.38. The first-order chi connectivity index (χ1) is 9.30. The Kier molecular flexibility index (Phi) is 4.05. The second-order valence-electron chi connectivity index (χ2n) is 4.14. The molecule has 0 aliphatic heterocycles.